The minimum atomic E-state index is -0.775. The summed E-state index contributed by atoms with van der Waals surface area (Å²) in [5.74, 6) is -0.854. The third kappa shape index (κ3) is 62.4. The Bertz CT molecular complexity index is 1250. The second kappa shape index (κ2) is 64.2. The van der Waals surface area contributed by atoms with Gasteiger partial charge in [0.1, 0.15) is 13.2 Å². The van der Waals surface area contributed by atoms with Crippen LogP contribution in [-0.4, -0.2) is 37.2 Å². The summed E-state index contributed by atoms with van der Waals surface area (Å²) in [6.45, 7) is 6.67. The van der Waals surface area contributed by atoms with Crippen molar-refractivity contribution in [3.63, 3.8) is 0 Å². The molecule has 0 aromatic heterocycles. The number of rotatable bonds is 62. The molecule has 0 rings (SSSR count). The van der Waals surface area contributed by atoms with Gasteiger partial charge in [-0.1, -0.05) is 308 Å². The Balaban J connectivity index is 4.32. The Hall–Kier alpha value is -2.37. The van der Waals surface area contributed by atoms with Gasteiger partial charge in [0.25, 0.3) is 0 Å². The topological polar surface area (TPSA) is 78.9 Å². The SMILES string of the molecule is CCCCC/C=C\C/C=C\CCCCCCCCCC(=O)OC[C@H](COC(=O)CCCCCCCCCCCCCCCCCCCCCCC)OC(=O)CCCCCCCCCCC/C=C\CCCCCCCC. The fourth-order valence-corrected chi connectivity index (χ4v) is 10.1. The van der Waals surface area contributed by atoms with E-state index in [0.29, 0.717) is 19.3 Å². The lowest BCUT2D eigenvalue weighted by Gasteiger charge is -2.18. The zero-order valence-electron chi connectivity index (χ0n) is 50.6. The average molecular weight is 1050 g/mol. The summed E-state index contributed by atoms with van der Waals surface area (Å²) in [4.78, 5) is 38.4. The van der Waals surface area contributed by atoms with E-state index >= 15 is 0 Å². The van der Waals surface area contributed by atoms with Gasteiger partial charge >= 0.3 is 17.9 Å². The second-order valence-electron chi connectivity index (χ2n) is 22.7. The van der Waals surface area contributed by atoms with E-state index in [1.807, 2.05) is 0 Å². The molecule has 0 aliphatic carbocycles. The first kappa shape index (κ1) is 72.6. The number of hydrogen-bond donors (Lipinski definition) is 0. The highest BCUT2D eigenvalue weighted by molar-refractivity contribution is 5.71. The smallest absolute Gasteiger partial charge is 0.306 e. The van der Waals surface area contributed by atoms with Gasteiger partial charge in [-0.25, -0.2) is 0 Å². The molecule has 0 aliphatic heterocycles. The minimum Gasteiger partial charge on any atom is -0.462 e. The Morgan fingerprint density at radius 3 is 0.773 bits per heavy atom. The molecule has 6 nitrogen and oxygen atoms in total. The number of allylic oxidation sites excluding steroid dienone is 6. The first-order valence-electron chi connectivity index (χ1n) is 33.5. The largest absolute Gasteiger partial charge is 0.462 e. The number of ether oxygens (including phenoxy) is 3. The number of carbonyl (C=O) groups is 3. The van der Waals surface area contributed by atoms with Crippen LogP contribution in [0, 0.1) is 0 Å². The quantitative estimate of drug-likeness (QED) is 0.0261. The molecule has 0 spiro atoms. The van der Waals surface area contributed by atoms with Crippen molar-refractivity contribution in [1.82, 2.24) is 0 Å². The Morgan fingerprint density at radius 2 is 0.480 bits per heavy atom. The Morgan fingerprint density at radius 1 is 0.267 bits per heavy atom. The normalized spacial score (nSPS) is 12.2. The Kier molecular flexibility index (Phi) is 62.1. The molecule has 440 valence electrons. The van der Waals surface area contributed by atoms with Crippen LogP contribution in [0.4, 0.5) is 0 Å². The molecule has 0 radical (unpaired) electrons. The van der Waals surface area contributed by atoms with E-state index < -0.39 is 6.10 Å². The van der Waals surface area contributed by atoms with Gasteiger partial charge in [-0.3, -0.25) is 14.4 Å². The van der Waals surface area contributed by atoms with Crippen molar-refractivity contribution < 1.29 is 28.6 Å². The average Bonchev–Trinajstić information content (AvgIpc) is 3.41. The lowest BCUT2D eigenvalue weighted by Crippen LogP contribution is -2.30. The van der Waals surface area contributed by atoms with Crippen LogP contribution in [0.1, 0.15) is 367 Å². The highest BCUT2D eigenvalue weighted by Gasteiger charge is 2.19. The predicted octanol–water partition coefficient (Wildman–Crippen LogP) is 22.8. The fourth-order valence-electron chi connectivity index (χ4n) is 10.1. The molecule has 0 fully saturated rings. The second-order valence-corrected chi connectivity index (χ2v) is 22.7. The molecule has 75 heavy (non-hydrogen) atoms. The number of carbonyl (C=O) groups excluding carboxylic acids is 3. The fraction of sp³-hybridized carbons (Fsp3) is 0.870. The van der Waals surface area contributed by atoms with E-state index in [1.54, 1.807) is 0 Å². The van der Waals surface area contributed by atoms with Gasteiger partial charge in [-0.05, 0) is 77.0 Å². The van der Waals surface area contributed by atoms with Crippen LogP contribution < -0.4 is 0 Å². The molecule has 6 heteroatoms. The lowest BCUT2D eigenvalue weighted by atomic mass is 10.0. The highest BCUT2D eigenvalue weighted by atomic mass is 16.6. The van der Waals surface area contributed by atoms with Crippen molar-refractivity contribution in [3.8, 4) is 0 Å². The summed E-state index contributed by atoms with van der Waals surface area (Å²) in [7, 11) is 0. The molecular formula is C69H128O6. The van der Waals surface area contributed by atoms with Crippen molar-refractivity contribution in [2.45, 2.75) is 374 Å². The van der Waals surface area contributed by atoms with Crippen LogP contribution in [0.2, 0.25) is 0 Å². The lowest BCUT2D eigenvalue weighted by molar-refractivity contribution is -0.167. The zero-order valence-corrected chi connectivity index (χ0v) is 50.6. The van der Waals surface area contributed by atoms with Gasteiger partial charge < -0.3 is 14.2 Å². The molecule has 0 amide bonds. The predicted molar refractivity (Wildman–Crippen MR) is 326 cm³/mol. The molecule has 0 bridgehead atoms. The van der Waals surface area contributed by atoms with E-state index in [9.17, 15) is 14.4 Å². The van der Waals surface area contributed by atoms with Crippen LogP contribution in [0.5, 0.6) is 0 Å². The van der Waals surface area contributed by atoms with Gasteiger partial charge in [0.2, 0.25) is 0 Å². The first-order chi connectivity index (χ1) is 37.0. The summed E-state index contributed by atoms with van der Waals surface area (Å²) in [6, 6.07) is 0. The maximum absolute atomic E-state index is 12.9. The van der Waals surface area contributed by atoms with E-state index in [1.165, 1.54) is 257 Å². The number of esters is 3. The monoisotopic (exact) mass is 1050 g/mol. The van der Waals surface area contributed by atoms with Crippen molar-refractivity contribution in [1.29, 1.82) is 0 Å². The van der Waals surface area contributed by atoms with Gasteiger partial charge in [0, 0.05) is 19.3 Å². The van der Waals surface area contributed by atoms with Gasteiger partial charge in [0.05, 0.1) is 0 Å². The molecule has 0 N–H and O–H groups in total. The molecule has 0 aliphatic rings. The van der Waals surface area contributed by atoms with Crippen molar-refractivity contribution in [2.75, 3.05) is 13.2 Å². The third-order valence-electron chi connectivity index (χ3n) is 15.1. The van der Waals surface area contributed by atoms with Crippen LogP contribution in [-0.2, 0) is 28.6 Å². The minimum absolute atomic E-state index is 0.0709. The molecule has 0 saturated carbocycles. The van der Waals surface area contributed by atoms with Crippen LogP contribution in [0.15, 0.2) is 36.5 Å². The Labute approximate surface area is 467 Å². The van der Waals surface area contributed by atoms with Gasteiger partial charge in [-0.2, -0.15) is 0 Å². The molecule has 0 aromatic rings. The van der Waals surface area contributed by atoms with Crippen LogP contribution in [0.25, 0.3) is 0 Å². The maximum atomic E-state index is 12.9. The molecule has 1 atom stereocenters. The van der Waals surface area contributed by atoms with Crippen LogP contribution in [0.3, 0.4) is 0 Å². The zero-order chi connectivity index (χ0) is 54.3. The van der Waals surface area contributed by atoms with E-state index in [4.69, 9.17) is 14.2 Å². The molecule has 0 saturated heterocycles. The van der Waals surface area contributed by atoms with Gasteiger partial charge in [-0.15, -0.1) is 0 Å². The standard InChI is InChI=1S/C69H128O6/c1-4-7-10-13-16-19-22-25-28-31-33-34-36-38-41-44-47-50-53-56-59-62-68(71)74-65-66(64-73-67(70)61-58-55-52-49-46-43-40-37-30-27-24-21-18-15-12-9-6-3)75-69(72)63-60-57-54-51-48-45-42-39-35-32-29-26-23-20-17-14-11-8-5-2/h18,21,26-27,29-30,66H,4-17,19-20,22-25,28,31-65H2,1-3H3/b21-18-,29-26-,30-27-/t66-/m1/s1. The molecular weight excluding hydrogens is 925 g/mol. The first-order valence-corrected chi connectivity index (χ1v) is 33.5. The molecule has 0 aromatic carbocycles. The van der Waals surface area contributed by atoms with Crippen molar-refractivity contribution >= 4 is 17.9 Å². The summed E-state index contributed by atoms with van der Waals surface area (Å²) in [5.41, 5.74) is 0. The van der Waals surface area contributed by atoms with Gasteiger partial charge in [0.15, 0.2) is 6.10 Å². The molecule has 0 unspecified atom stereocenters. The molecule has 0 heterocycles. The van der Waals surface area contributed by atoms with Crippen molar-refractivity contribution in [2.24, 2.45) is 0 Å². The van der Waals surface area contributed by atoms with E-state index in [2.05, 4.69) is 57.2 Å². The maximum Gasteiger partial charge on any atom is 0.306 e. The number of unbranched alkanes of at least 4 members (excludes halogenated alkanes) is 45. The highest BCUT2D eigenvalue weighted by Crippen LogP contribution is 2.18. The van der Waals surface area contributed by atoms with E-state index in [0.717, 1.165) is 70.6 Å². The summed E-state index contributed by atoms with van der Waals surface area (Å²) in [6.07, 6.45) is 78.7. The van der Waals surface area contributed by atoms with E-state index in [-0.39, 0.29) is 31.1 Å². The van der Waals surface area contributed by atoms with Crippen molar-refractivity contribution in [3.05, 3.63) is 36.5 Å². The van der Waals surface area contributed by atoms with Crippen LogP contribution >= 0.6 is 0 Å². The number of hydrogen-bond acceptors (Lipinski definition) is 6. The summed E-state index contributed by atoms with van der Waals surface area (Å²) in [5, 5.41) is 0. The summed E-state index contributed by atoms with van der Waals surface area (Å²) < 4.78 is 17.0. The third-order valence-corrected chi connectivity index (χ3v) is 15.1. The summed E-state index contributed by atoms with van der Waals surface area (Å²) >= 11 is 0.